The molecule has 0 fully saturated rings. The number of hydrogen-bond acceptors (Lipinski definition) is 7. The van der Waals surface area contributed by atoms with Gasteiger partial charge in [0, 0.05) is 0 Å². The number of nitrogens with zero attached hydrogens (tertiary/aromatic N) is 3. The highest BCUT2D eigenvalue weighted by Crippen LogP contribution is 2.23. The summed E-state index contributed by atoms with van der Waals surface area (Å²) in [6, 6.07) is 0. The Morgan fingerprint density at radius 1 is 1.54 bits per heavy atom. The van der Waals surface area contributed by atoms with Gasteiger partial charge in [-0.15, -0.1) is 10.2 Å². The van der Waals surface area contributed by atoms with Crippen LogP contribution in [-0.2, 0) is 5.75 Å². The highest BCUT2D eigenvalue weighted by molar-refractivity contribution is 7.98. The van der Waals surface area contributed by atoms with Gasteiger partial charge in [0.2, 0.25) is 5.13 Å². The Kier molecular flexibility index (Phi) is 2.46. The van der Waals surface area contributed by atoms with Crippen molar-refractivity contribution in [2.24, 2.45) is 0 Å². The van der Waals surface area contributed by atoms with Crippen LogP contribution in [0, 0.1) is 0 Å². The Hall–Kier alpha value is -1.08. The van der Waals surface area contributed by atoms with Crippen LogP contribution in [0.2, 0.25) is 0 Å². The molecule has 0 saturated carbocycles. The minimum absolute atomic E-state index is 0.489. The van der Waals surface area contributed by atoms with Crippen LogP contribution in [0.15, 0.2) is 22.1 Å². The second-order valence-electron chi connectivity index (χ2n) is 2.12. The Bertz CT molecular complexity index is 372. The molecule has 2 heterocycles. The highest BCUT2D eigenvalue weighted by Gasteiger charge is 2.04. The smallest absolute Gasteiger partial charge is 0.255 e. The first-order valence-corrected chi connectivity index (χ1v) is 5.25. The topological polar surface area (TPSA) is 77.8 Å². The molecule has 0 spiro atoms. The number of rotatable bonds is 3. The van der Waals surface area contributed by atoms with Crippen LogP contribution >= 0.6 is 23.1 Å². The van der Waals surface area contributed by atoms with Crippen LogP contribution in [0.1, 0.15) is 5.01 Å². The average molecular weight is 214 g/mol. The predicted molar refractivity (Wildman–Crippen MR) is 50.4 cm³/mol. The van der Waals surface area contributed by atoms with E-state index in [2.05, 4.69) is 15.2 Å². The van der Waals surface area contributed by atoms with Crippen LogP contribution in [0.3, 0.4) is 0 Å². The van der Waals surface area contributed by atoms with Crippen molar-refractivity contribution >= 4 is 28.2 Å². The van der Waals surface area contributed by atoms with Crippen molar-refractivity contribution in [2.75, 3.05) is 5.73 Å². The molecule has 0 amide bonds. The quantitative estimate of drug-likeness (QED) is 0.778. The second kappa shape index (κ2) is 3.75. The van der Waals surface area contributed by atoms with Crippen molar-refractivity contribution in [1.82, 2.24) is 15.2 Å². The normalized spacial score (nSPS) is 10.5. The molecule has 0 aromatic carbocycles. The Morgan fingerprint density at radius 2 is 2.46 bits per heavy atom. The van der Waals surface area contributed by atoms with Gasteiger partial charge in [-0.1, -0.05) is 23.1 Å². The van der Waals surface area contributed by atoms with Crippen molar-refractivity contribution < 1.29 is 4.42 Å². The lowest BCUT2D eigenvalue weighted by Crippen LogP contribution is -1.80. The maximum absolute atomic E-state index is 5.42. The van der Waals surface area contributed by atoms with E-state index in [4.69, 9.17) is 10.2 Å². The molecule has 2 aromatic heterocycles. The predicted octanol–water partition coefficient (Wildman–Crippen LogP) is 1.40. The van der Waals surface area contributed by atoms with Gasteiger partial charge in [0.05, 0.1) is 11.9 Å². The van der Waals surface area contributed by atoms with Gasteiger partial charge < -0.3 is 10.2 Å². The average Bonchev–Trinajstić information content (AvgIpc) is 2.71. The number of aromatic nitrogens is 3. The fourth-order valence-corrected chi connectivity index (χ4v) is 2.11. The number of hydrogen-bond donors (Lipinski definition) is 1. The van der Waals surface area contributed by atoms with E-state index in [1.807, 2.05) is 0 Å². The Labute approximate surface area is 82.4 Å². The van der Waals surface area contributed by atoms with Crippen molar-refractivity contribution in [3.8, 4) is 0 Å². The lowest BCUT2D eigenvalue weighted by Gasteiger charge is -1.89. The monoisotopic (exact) mass is 214 g/mol. The zero-order chi connectivity index (χ0) is 9.10. The molecular formula is C6H6N4OS2. The first-order valence-electron chi connectivity index (χ1n) is 3.45. The van der Waals surface area contributed by atoms with E-state index in [9.17, 15) is 0 Å². The lowest BCUT2D eigenvalue weighted by atomic mass is 10.9. The van der Waals surface area contributed by atoms with Crippen molar-refractivity contribution in [1.29, 1.82) is 0 Å². The van der Waals surface area contributed by atoms with E-state index < -0.39 is 0 Å². The van der Waals surface area contributed by atoms with Crippen LogP contribution in [0.5, 0.6) is 0 Å². The number of anilines is 1. The third kappa shape index (κ3) is 2.19. The van der Waals surface area contributed by atoms with E-state index in [1.54, 1.807) is 6.20 Å². The summed E-state index contributed by atoms with van der Waals surface area (Å²) in [4.78, 5) is 3.96. The molecule has 0 atom stereocenters. The summed E-state index contributed by atoms with van der Waals surface area (Å²) in [5.41, 5.74) is 5.42. The van der Waals surface area contributed by atoms with Crippen LogP contribution in [-0.4, -0.2) is 15.2 Å². The van der Waals surface area contributed by atoms with E-state index >= 15 is 0 Å². The third-order valence-electron chi connectivity index (χ3n) is 1.21. The number of oxazole rings is 1. The SMILES string of the molecule is Nc1nnc(CSc2ncco2)s1. The van der Waals surface area contributed by atoms with Gasteiger partial charge in [-0.2, -0.15) is 0 Å². The third-order valence-corrected chi connectivity index (χ3v) is 3.01. The van der Waals surface area contributed by atoms with Crippen LogP contribution in [0.25, 0.3) is 0 Å². The first kappa shape index (κ1) is 8.52. The summed E-state index contributed by atoms with van der Waals surface area (Å²) >= 11 is 2.84. The van der Waals surface area contributed by atoms with Gasteiger partial charge in [-0.05, 0) is 0 Å². The number of nitrogens with two attached hydrogens (primary N) is 1. The minimum Gasteiger partial charge on any atom is -0.440 e. The largest absolute Gasteiger partial charge is 0.440 e. The molecule has 5 nitrogen and oxygen atoms in total. The maximum atomic E-state index is 5.42. The summed E-state index contributed by atoms with van der Waals surface area (Å²) in [7, 11) is 0. The molecule has 0 aliphatic heterocycles. The molecule has 2 aromatic rings. The second-order valence-corrected chi connectivity index (χ2v) is 4.14. The number of thioether (sulfide) groups is 1. The van der Waals surface area contributed by atoms with E-state index in [-0.39, 0.29) is 0 Å². The number of nitrogen functional groups attached to an aromatic ring is 1. The van der Waals surface area contributed by atoms with Gasteiger partial charge in [-0.25, -0.2) is 4.98 Å². The summed E-state index contributed by atoms with van der Waals surface area (Å²) < 4.78 is 5.04. The van der Waals surface area contributed by atoms with Gasteiger partial charge in [0.25, 0.3) is 5.22 Å². The zero-order valence-corrected chi connectivity index (χ0v) is 8.14. The van der Waals surface area contributed by atoms with Crippen LogP contribution < -0.4 is 5.73 Å². The van der Waals surface area contributed by atoms with Gasteiger partial charge in [-0.3, -0.25) is 0 Å². The highest BCUT2D eigenvalue weighted by atomic mass is 32.2. The zero-order valence-electron chi connectivity index (χ0n) is 6.51. The van der Waals surface area contributed by atoms with Crippen molar-refractivity contribution in [3.63, 3.8) is 0 Å². The van der Waals surface area contributed by atoms with E-state index in [1.165, 1.54) is 29.4 Å². The molecule has 2 N–H and O–H groups in total. The molecule has 2 rings (SSSR count). The van der Waals surface area contributed by atoms with Crippen LogP contribution in [0.4, 0.5) is 5.13 Å². The summed E-state index contributed by atoms with van der Waals surface area (Å²) in [6.45, 7) is 0. The molecule has 0 radical (unpaired) electrons. The van der Waals surface area contributed by atoms with Crippen molar-refractivity contribution in [3.05, 3.63) is 17.5 Å². The first-order chi connectivity index (χ1) is 6.34. The van der Waals surface area contributed by atoms with Gasteiger partial charge >= 0.3 is 0 Å². The fraction of sp³-hybridized carbons (Fsp3) is 0.167. The lowest BCUT2D eigenvalue weighted by molar-refractivity contribution is 0.454. The van der Waals surface area contributed by atoms with Crippen molar-refractivity contribution in [2.45, 2.75) is 11.0 Å². The Morgan fingerprint density at radius 3 is 3.08 bits per heavy atom. The molecular weight excluding hydrogens is 208 g/mol. The fourth-order valence-electron chi connectivity index (χ4n) is 0.730. The molecule has 0 aliphatic rings. The van der Waals surface area contributed by atoms with Gasteiger partial charge in [0.15, 0.2) is 0 Å². The molecule has 0 unspecified atom stereocenters. The molecule has 0 aliphatic carbocycles. The molecule has 0 bridgehead atoms. The summed E-state index contributed by atoms with van der Waals surface area (Å²) in [5.74, 6) is 0.690. The molecule has 7 heteroatoms. The Balaban J connectivity index is 1.93. The molecule has 13 heavy (non-hydrogen) atoms. The van der Waals surface area contributed by atoms with Gasteiger partial charge in [0.1, 0.15) is 11.3 Å². The molecule has 0 saturated heterocycles. The standard InChI is InChI=1S/C6H6N4OS2/c7-5-10-9-4(13-5)3-12-6-8-1-2-11-6/h1-2H,3H2,(H2,7,10). The summed E-state index contributed by atoms with van der Waals surface area (Å²) in [5, 5.41) is 9.56. The minimum atomic E-state index is 0.489. The molecule has 68 valence electrons. The van der Waals surface area contributed by atoms with E-state index in [0.29, 0.717) is 16.1 Å². The maximum Gasteiger partial charge on any atom is 0.255 e. The van der Waals surface area contributed by atoms with E-state index in [0.717, 1.165) is 5.01 Å². The summed E-state index contributed by atoms with van der Waals surface area (Å²) in [6.07, 6.45) is 3.15.